The number of anilines is 1. The number of halogens is 1. The summed E-state index contributed by atoms with van der Waals surface area (Å²) in [4.78, 5) is 38.3. The van der Waals surface area contributed by atoms with Crippen molar-refractivity contribution in [3.63, 3.8) is 0 Å². The minimum atomic E-state index is -0.727. The normalized spacial score (nSPS) is 16.3. The molecule has 2 aliphatic heterocycles. The molecule has 2 amide bonds. The Balaban J connectivity index is 0.00000171. The van der Waals surface area contributed by atoms with E-state index < -0.39 is 5.41 Å². The number of carbonyl (C=O) groups excluding carboxylic acids is 2. The summed E-state index contributed by atoms with van der Waals surface area (Å²) in [7, 11) is 0. The molecule has 4 heterocycles. The third-order valence-electron chi connectivity index (χ3n) is 6.46. The summed E-state index contributed by atoms with van der Waals surface area (Å²) in [5.41, 5.74) is 2.15. The van der Waals surface area contributed by atoms with Crippen molar-refractivity contribution >= 4 is 40.3 Å². The maximum atomic E-state index is 13.8. The molecule has 0 bridgehead atoms. The van der Waals surface area contributed by atoms with Gasteiger partial charge in [-0.2, -0.15) is 0 Å². The van der Waals surface area contributed by atoms with Crippen molar-refractivity contribution in [3.8, 4) is 0 Å². The summed E-state index contributed by atoms with van der Waals surface area (Å²) >= 11 is 6.09. The van der Waals surface area contributed by atoms with Crippen LogP contribution in [0.2, 0.25) is 5.02 Å². The first-order valence-corrected chi connectivity index (χ1v) is 11.3. The predicted molar refractivity (Wildman–Crippen MR) is 130 cm³/mol. The molecule has 1 radical (unpaired) electrons. The fourth-order valence-electron chi connectivity index (χ4n) is 4.82. The quantitative estimate of drug-likeness (QED) is 0.421. The first-order chi connectivity index (χ1) is 15.8. The van der Waals surface area contributed by atoms with Crippen LogP contribution in [0.15, 0.2) is 36.7 Å². The number of aromatic nitrogens is 3. The van der Waals surface area contributed by atoms with Gasteiger partial charge in [-0.15, -0.1) is 0 Å². The zero-order chi connectivity index (χ0) is 23.3. The Bertz CT molecular complexity index is 1260. The third kappa shape index (κ3) is 4.66. The van der Waals surface area contributed by atoms with E-state index >= 15 is 0 Å². The largest absolute Gasteiger partial charge is 0.630 e. The molecule has 3 aromatic rings. The number of ether oxygens (including phenoxy) is 1. The van der Waals surface area contributed by atoms with Crippen molar-refractivity contribution in [2.75, 3.05) is 18.0 Å². The van der Waals surface area contributed by atoms with E-state index in [0.29, 0.717) is 47.8 Å². The number of carbonyl (C=O) groups is 2. The van der Waals surface area contributed by atoms with Gasteiger partial charge < -0.3 is 32.5 Å². The molecule has 1 fully saturated rings. The van der Waals surface area contributed by atoms with Gasteiger partial charge in [-0.25, -0.2) is 9.78 Å². The van der Waals surface area contributed by atoms with Gasteiger partial charge >= 0.3 is 6.09 Å². The fraction of sp³-hybridized carbons (Fsp3) is 0.375. The smallest absolute Gasteiger partial charge is 0.410 e. The second-order valence-electron chi connectivity index (χ2n) is 8.78. The van der Waals surface area contributed by atoms with Crippen LogP contribution in [0.1, 0.15) is 38.1 Å². The van der Waals surface area contributed by atoms with Gasteiger partial charge in [0.05, 0.1) is 41.0 Å². The molecule has 35 heavy (non-hydrogen) atoms. The van der Waals surface area contributed by atoms with Crippen molar-refractivity contribution in [3.05, 3.63) is 66.3 Å². The average Bonchev–Trinajstić information content (AvgIpc) is 3.22. The topological polar surface area (TPSA) is 104 Å². The summed E-state index contributed by atoms with van der Waals surface area (Å²) in [6.07, 6.45) is 3.84. The molecular weight excluding hydrogens is 545 g/mol. The number of fused-ring (bicyclic) bond motifs is 3. The molecule has 1 aromatic carbocycles. The minimum absolute atomic E-state index is 0. The van der Waals surface area contributed by atoms with Gasteiger partial charge in [-0.1, -0.05) is 11.6 Å². The van der Waals surface area contributed by atoms with Gasteiger partial charge in [0, 0.05) is 57.0 Å². The van der Waals surface area contributed by atoms with E-state index in [1.165, 1.54) is 4.68 Å². The molecule has 9 nitrogen and oxygen atoms in total. The van der Waals surface area contributed by atoms with Crippen LogP contribution in [0, 0.1) is 7.43 Å². The van der Waals surface area contributed by atoms with Gasteiger partial charge in [0.15, 0.2) is 0 Å². The van der Waals surface area contributed by atoms with Crippen molar-refractivity contribution in [1.29, 1.82) is 0 Å². The van der Waals surface area contributed by atoms with E-state index in [1.807, 2.05) is 19.9 Å². The summed E-state index contributed by atoms with van der Waals surface area (Å²) in [5, 5.41) is 0.524. The average molecular weight is 572 g/mol. The minimum Gasteiger partial charge on any atom is -0.630 e. The summed E-state index contributed by atoms with van der Waals surface area (Å²) in [6.45, 7) is 4.65. The van der Waals surface area contributed by atoms with E-state index in [0.717, 1.165) is 11.3 Å². The number of hydrogen-bond donors (Lipinski definition) is 0. The SMILES string of the molecule is CC(C)OC(=O)N1CCC2(CC1)C(=O)N(Cc1nc3ccc(Cl)cc3n1[NH-])c1cnccc12.[CH3-].[Y]. The Labute approximate surface area is 234 Å². The molecule has 1 spiro atoms. The van der Waals surface area contributed by atoms with Crippen LogP contribution < -0.4 is 4.90 Å². The standard InChI is InChI=1S/C23H24ClN6O3.CH3.Y/c1-14(2)33-22(32)28-9-6-23(7-10-28)16-5-8-26-12-19(16)29(21(23)31)13-20-27-17-4-3-15(24)11-18(17)30(20)25;;/h3-5,8,11-12,14,25H,6-7,9-10,13H2,1-2H3;1H3;/q2*-1;. The number of amides is 2. The molecular formula is C24H27ClN6O3Y-2. The maximum Gasteiger partial charge on any atom is 0.410 e. The Morgan fingerprint density at radius 2 is 1.97 bits per heavy atom. The van der Waals surface area contributed by atoms with Crippen LogP contribution in [0.3, 0.4) is 0 Å². The molecule has 1 saturated heterocycles. The number of pyridine rings is 1. The van der Waals surface area contributed by atoms with Gasteiger partial charge in [0.1, 0.15) is 5.82 Å². The number of nitrogens with zero attached hydrogens (tertiary/aromatic N) is 5. The number of likely N-dealkylation sites (tertiary alicyclic amines) is 1. The molecule has 0 aliphatic carbocycles. The monoisotopic (exact) mass is 571 g/mol. The summed E-state index contributed by atoms with van der Waals surface area (Å²) in [6, 6.07) is 7.07. The summed E-state index contributed by atoms with van der Waals surface area (Å²) < 4.78 is 6.55. The molecule has 2 aliphatic rings. The molecule has 5 rings (SSSR count). The molecule has 11 heteroatoms. The fourth-order valence-corrected chi connectivity index (χ4v) is 4.99. The number of imidazole rings is 1. The van der Waals surface area contributed by atoms with E-state index in [4.69, 9.17) is 22.2 Å². The molecule has 0 unspecified atom stereocenters. The van der Waals surface area contributed by atoms with Crippen LogP contribution in [0.5, 0.6) is 0 Å². The molecule has 1 N–H and O–H groups in total. The number of piperidine rings is 1. The summed E-state index contributed by atoms with van der Waals surface area (Å²) in [5.74, 6) is 8.87. The van der Waals surface area contributed by atoms with Crippen LogP contribution >= 0.6 is 11.6 Å². The number of hydrogen-bond acceptors (Lipinski definition) is 5. The van der Waals surface area contributed by atoms with Gasteiger partial charge in [0.2, 0.25) is 5.91 Å². The molecule has 2 aromatic heterocycles. The van der Waals surface area contributed by atoms with E-state index in [2.05, 4.69) is 9.97 Å². The van der Waals surface area contributed by atoms with Gasteiger partial charge in [0.25, 0.3) is 0 Å². The Kier molecular flexibility index (Phi) is 8.14. The van der Waals surface area contributed by atoms with E-state index in [-0.39, 0.29) is 64.8 Å². The van der Waals surface area contributed by atoms with E-state index in [9.17, 15) is 9.59 Å². The zero-order valence-electron chi connectivity index (χ0n) is 20.0. The van der Waals surface area contributed by atoms with Crippen molar-refractivity contribution in [1.82, 2.24) is 19.5 Å². The van der Waals surface area contributed by atoms with Crippen LogP contribution in [0.25, 0.3) is 16.9 Å². The Morgan fingerprint density at radius 1 is 1.26 bits per heavy atom. The zero-order valence-corrected chi connectivity index (χ0v) is 23.6. The van der Waals surface area contributed by atoms with Crippen LogP contribution in [-0.2, 0) is 54.2 Å². The van der Waals surface area contributed by atoms with Crippen molar-refractivity contribution < 1.29 is 47.0 Å². The second-order valence-corrected chi connectivity index (χ2v) is 9.22. The number of rotatable bonds is 3. The molecule has 0 saturated carbocycles. The van der Waals surface area contributed by atoms with Crippen LogP contribution in [-0.4, -0.2) is 50.7 Å². The third-order valence-corrected chi connectivity index (χ3v) is 6.69. The number of benzene rings is 1. The first-order valence-electron chi connectivity index (χ1n) is 10.9. The molecule has 0 atom stereocenters. The van der Waals surface area contributed by atoms with Crippen LogP contribution in [0.4, 0.5) is 10.5 Å². The molecule has 183 valence electrons. The van der Waals surface area contributed by atoms with Crippen molar-refractivity contribution in [2.24, 2.45) is 0 Å². The maximum absolute atomic E-state index is 13.8. The predicted octanol–water partition coefficient (Wildman–Crippen LogP) is 4.77. The Hall–Kier alpha value is -2.23. The number of nitrogens with one attached hydrogen (secondary N) is 1. The van der Waals surface area contributed by atoms with E-state index in [1.54, 1.807) is 40.4 Å². The Morgan fingerprint density at radius 3 is 2.66 bits per heavy atom. The van der Waals surface area contributed by atoms with Gasteiger partial charge in [-0.05, 0) is 56.5 Å². The first kappa shape index (κ1) is 27.4. The van der Waals surface area contributed by atoms with Crippen molar-refractivity contribution in [2.45, 2.75) is 44.8 Å². The second kappa shape index (κ2) is 10.4. The van der Waals surface area contributed by atoms with Gasteiger partial charge in [-0.3, -0.25) is 9.78 Å².